The number of aliphatic carboxylic acids is 2. The number of hydrogen-bond donors (Lipinski definition) is 3. The Morgan fingerprint density at radius 2 is 1.82 bits per heavy atom. The van der Waals surface area contributed by atoms with E-state index in [2.05, 4.69) is 5.73 Å². The summed E-state index contributed by atoms with van der Waals surface area (Å²) < 4.78 is 5.24. The van der Waals surface area contributed by atoms with Gasteiger partial charge in [0.1, 0.15) is 13.1 Å². The lowest BCUT2D eigenvalue weighted by Gasteiger charge is -2.22. The molecule has 1 heterocycles. The fourth-order valence-corrected chi connectivity index (χ4v) is 1.29. The molecular weight excluding hydrogens is 252 g/mol. The van der Waals surface area contributed by atoms with Gasteiger partial charge in [-0.05, 0) is 0 Å². The Morgan fingerprint density at radius 3 is 2.18 bits per heavy atom. The maximum atomic E-state index is 9.04. The van der Waals surface area contributed by atoms with Crippen molar-refractivity contribution in [1.29, 1.82) is 0 Å². The number of carbonyl (C=O) groups is 2. The lowest BCUT2D eigenvalue weighted by Crippen LogP contribution is -3.14. The van der Waals surface area contributed by atoms with Crippen LogP contribution in [-0.4, -0.2) is 56.4 Å². The van der Waals surface area contributed by atoms with Gasteiger partial charge < -0.3 is 42.8 Å². The predicted molar refractivity (Wildman–Crippen MR) is 51.4 cm³/mol. The molecule has 0 radical (unpaired) electrons. The number of carboxylic acid groups (broad SMARTS) is 2. The monoisotopic (exact) mass is 270 g/mol. The largest absolute Gasteiger partial charge is 1.00 e. The van der Waals surface area contributed by atoms with E-state index in [4.69, 9.17) is 24.5 Å². The number of rotatable bonds is 3. The van der Waals surface area contributed by atoms with Crippen molar-refractivity contribution in [3.63, 3.8) is 0 Å². The van der Waals surface area contributed by atoms with E-state index in [0.29, 0.717) is 0 Å². The van der Waals surface area contributed by atoms with Crippen LogP contribution in [0.2, 0.25) is 0 Å². The van der Waals surface area contributed by atoms with Gasteiger partial charge >= 0.3 is 5.97 Å². The van der Waals surface area contributed by atoms with Gasteiger partial charge in [0.25, 0.3) is 0 Å². The molecule has 0 saturated carbocycles. The lowest BCUT2D eigenvalue weighted by molar-refractivity contribution is -0.908. The summed E-state index contributed by atoms with van der Waals surface area (Å²) in [4.78, 5) is 19.7. The molecule has 17 heavy (non-hydrogen) atoms. The van der Waals surface area contributed by atoms with Crippen molar-refractivity contribution in [3.05, 3.63) is 0 Å². The zero-order chi connectivity index (χ0) is 12.4. The third kappa shape index (κ3) is 11.4. The second kappa shape index (κ2) is 11.6. The zero-order valence-electron chi connectivity index (χ0n) is 9.62. The van der Waals surface area contributed by atoms with Crippen LogP contribution >= 0.6 is 0 Å². The van der Waals surface area contributed by atoms with E-state index < -0.39 is 11.9 Å². The van der Waals surface area contributed by atoms with Crippen LogP contribution in [0.3, 0.4) is 0 Å². The van der Waals surface area contributed by atoms with Crippen molar-refractivity contribution in [2.45, 2.75) is 6.42 Å². The van der Waals surface area contributed by atoms with Crippen LogP contribution in [0.5, 0.6) is 0 Å². The highest BCUT2D eigenvalue weighted by Crippen LogP contribution is 1.75. The molecule has 1 rings (SSSR count). The van der Waals surface area contributed by atoms with Crippen LogP contribution < -0.4 is 28.1 Å². The highest BCUT2D eigenvalue weighted by Gasteiger charge is 2.12. The van der Waals surface area contributed by atoms with Gasteiger partial charge in [-0.2, -0.15) is 0 Å². The van der Waals surface area contributed by atoms with Crippen LogP contribution in [0.25, 0.3) is 0 Å². The number of ether oxygens (including phenoxy) is 1. The first-order valence-electron chi connectivity index (χ1n) is 5.22. The molecule has 8 heteroatoms. The van der Waals surface area contributed by atoms with Gasteiger partial charge in [-0.25, -0.2) is 4.79 Å². The van der Waals surface area contributed by atoms with E-state index in [1.165, 1.54) is 26.1 Å². The Hall–Kier alpha value is -0.890. The summed E-state index contributed by atoms with van der Waals surface area (Å²) in [5.41, 5.74) is 3.83. The van der Waals surface area contributed by atoms with Crippen LogP contribution in [0, 0.1) is 0 Å². The number of nitrogens with one attached hydrogen (secondary N) is 1. The molecule has 0 aliphatic carbocycles. The summed E-state index contributed by atoms with van der Waals surface area (Å²) in [6.07, 6.45) is 1.26. The molecule has 7 nitrogen and oxygen atoms in total. The number of hydrogen-bond acceptors (Lipinski definition) is 4. The SMILES string of the molecule is O=C([O-])C(=O)O.[Cl-].[NH3+]CCC[NH+]1CCOCC1. The molecule has 1 fully saturated rings. The maximum absolute atomic E-state index is 9.04. The summed E-state index contributed by atoms with van der Waals surface area (Å²) in [5, 5.41) is 16.3. The fraction of sp³-hybridized carbons (Fsp3) is 0.778. The summed E-state index contributed by atoms with van der Waals surface area (Å²) >= 11 is 0. The molecule has 1 saturated heterocycles. The quantitative estimate of drug-likeness (QED) is 0.440. The van der Waals surface area contributed by atoms with Gasteiger partial charge in [0.05, 0.1) is 26.3 Å². The molecule has 102 valence electrons. The van der Waals surface area contributed by atoms with Crippen LogP contribution in [-0.2, 0) is 14.3 Å². The molecule has 0 bridgehead atoms. The van der Waals surface area contributed by atoms with E-state index in [1.807, 2.05) is 0 Å². The molecule has 5 N–H and O–H groups in total. The Kier molecular flexibility index (Phi) is 12.6. The molecule has 0 aromatic carbocycles. The number of morpholine rings is 1. The van der Waals surface area contributed by atoms with Crippen molar-refractivity contribution >= 4 is 11.9 Å². The van der Waals surface area contributed by atoms with E-state index in [-0.39, 0.29) is 12.4 Å². The minimum Gasteiger partial charge on any atom is -1.00 e. The van der Waals surface area contributed by atoms with Crippen molar-refractivity contribution < 1.29 is 47.6 Å². The standard InChI is InChI=1S/C7H16N2O.C2H2O4.ClH/c8-2-1-3-9-4-6-10-7-5-9;3-1(4)2(5)6;/h1-8H2;(H,3,4)(H,5,6);1H. The molecule has 0 aromatic rings. The molecule has 0 spiro atoms. The summed E-state index contributed by atoms with van der Waals surface area (Å²) in [5.74, 6) is -4.01. The molecule has 0 unspecified atom stereocenters. The van der Waals surface area contributed by atoms with Crippen LogP contribution in [0.15, 0.2) is 0 Å². The first-order chi connectivity index (χ1) is 7.57. The molecule has 0 atom stereocenters. The highest BCUT2D eigenvalue weighted by molar-refractivity contribution is 6.26. The molecule has 1 aliphatic heterocycles. The highest BCUT2D eigenvalue weighted by atomic mass is 35.5. The lowest BCUT2D eigenvalue weighted by atomic mass is 10.3. The van der Waals surface area contributed by atoms with Crippen molar-refractivity contribution in [2.75, 3.05) is 39.4 Å². The Balaban J connectivity index is 0. The Morgan fingerprint density at radius 1 is 1.35 bits per heavy atom. The van der Waals surface area contributed by atoms with Gasteiger partial charge in [-0.1, -0.05) is 0 Å². The Labute approximate surface area is 106 Å². The van der Waals surface area contributed by atoms with Crippen molar-refractivity contribution in [2.24, 2.45) is 0 Å². The third-order valence-corrected chi connectivity index (χ3v) is 2.15. The molecule has 0 aromatic heterocycles. The number of carbonyl (C=O) groups excluding carboxylic acids is 1. The zero-order valence-corrected chi connectivity index (χ0v) is 10.4. The minimum atomic E-state index is -2.07. The number of carboxylic acids is 2. The van der Waals surface area contributed by atoms with Crippen molar-refractivity contribution in [3.8, 4) is 0 Å². The second-order valence-electron chi connectivity index (χ2n) is 3.41. The molecule has 0 amide bonds. The van der Waals surface area contributed by atoms with Crippen molar-refractivity contribution in [1.82, 2.24) is 0 Å². The average molecular weight is 271 g/mol. The average Bonchev–Trinajstić information content (AvgIpc) is 2.28. The second-order valence-corrected chi connectivity index (χ2v) is 3.41. The van der Waals surface area contributed by atoms with Crippen LogP contribution in [0.4, 0.5) is 0 Å². The summed E-state index contributed by atoms with van der Waals surface area (Å²) in [7, 11) is 0. The molecule has 1 aliphatic rings. The number of halogens is 1. The predicted octanol–water partition coefficient (Wildman–Crippen LogP) is -7.64. The normalized spacial score (nSPS) is 15.1. The van der Waals surface area contributed by atoms with E-state index in [9.17, 15) is 0 Å². The minimum absolute atomic E-state index is 0. The summed E-state index contributed by atoms with van der Waals surface area (Å²) in [6.45, 7) is 6.65. The smallest absolute Gasteiger partial charge is 0.351 e. The first kappa shape index (κ1) is 18.5. The van der Waals surface area contributed by atoms with E-state index in [0.717, 1.165) is 19.8 Å². The van der Waals surface area contributed by atoms with Crippen LogP contribution in [0.1, 0.15) is 6.42 Å². The maximum Gasteiger partial charge on any atom is 0.351 e. The first-order valence-corrected chi connectivity index (χ1v) is 5.22. The molecular formula is C9H19ClN2O5. The number of quaternary nitrogens is 2. The van der Waals surface area contributed by atoms with Gasteiger partial charge in [-0.3, -0.25) is 0 Å². The van der Waals surface area contributed by atoms with Gasteiger partial charge in [-0.15, -0.1) is 0 Å². The van der Waals surface area contributed by atoms with E-state index >= 15 is 0 Å². The van der Waals surface area contributed by atoms with Gasteiger partial charge in [0.2, 0.25) is 0 Å². The van der Waals surface area contributed by atoms with Gasteiger partial charge in [0, 0.05) is 6.42 Å². The van der Waals surface area contributed by atoms with Gasteiger partial charge in [0.15, 0.2) is 5.97 Å². The third-order valence-electron chi connectivity index (χ3n) is 2.15. The summed E-state index contributed by atoms with van der Waals surface area (Å²) in [6, 6.07) is 0. The fourth-order valence-electron chi connectivity index (χ4n) is 1.29. The van der Waals surface area contributed by atoms with E-state index in [1.54, 1.807) is 4.90 Å². The Bertz CT molecular complexity index is 209. The topological polar surface area (TPSA) is 119 Å².